The van der Waals surface area contributed by atoms with Gasteiger partial charge in [-0.3, -0.25) is 4.79 Å². The van der Waals surface area contributed by atoms with Gasteiger partial charge in [0.2, 0.25) is 0 Å². The molecule has 0 spiro atoms. The summed E-state index contributed by atoms with van der Waals surface area (Å²) in [6, 6.07) is 9.89. The summed E-state index contributed by atoms with van der Waals surface area (Å²) in [6.45, 7) is 6.12. The Balaban J connectivity index is 1.63. The number of esters is 1. The topological polar surface area (TPSA) is 40.0 Å². The molecule has 1 aliphatic rings. The van der Waals surface area contributed by atoms with E-state index in [2.05, 4.69) is 0 Å². The molecule has 0 bridgehead atoms. The molecule has 1 heterocycles. The summed E-state index contributed by atoms with van der Waals surface area (Å²) in [7, 11) is 0. The van der Waals surface area contributed by atoms with E-state index in [1.54, 1.807) is 0 Å². The van der Waals surface area contributed by atoms with Gasteiger partial charge in [-0.15, -0.1) is 0 Å². The summed E-state index contributed by atoms with van der Waals surface area (Å²) in [5.41, 5.74) is 0. The Bertz CT molecular complexity index is 399. The largest absolute Gasteiger partial charge is 0.488 e. The molecule has 110 valence electrons. The summed E-state index contributed by atoms with van der Waals surface area (Å²) in [4.78, 5) is 13.2. The SMILES string of the molecule is CCOC(=O)C1CC[NH+](CCOc2ccccc2)CC1. The maximum absolute atomic E-state index is 11.6. The number of ether oxygens (including phenoxy) is 2. The number of hydrogen-bond donors (Lipinski definition) is 1. The second-order valence-corrected chi connectivity index (χ2v) is 5.19. The molecular weight excluding hydrogens is 254 g/mol. The number of nitrogens with one attached hydrogen (secondary N) is 1. The molecule has 4 nitrogen and oxygen atoms in total. The van der Waals surface area contributed by atoms with Crippen LogP contribution in [0.25, 0.3) is 0 Å². The van der Waals surface area contributed by atoms with E-state index in [1.165, 1.54) is 4.90 Å². The van der Waals surface area contributed by atoms with Crippen LogP contribution in [0.5, 0.6) is 5.75 Å². The molecule has 0 atom stereocenters. The number of para-hydroxylation sites is 1. The van der Waals surface area contributed by atoms with Crippen LogP contribution in [0.3, 0.4) is 0 Å². The Hall–Kier alpha value is -1.55. The van der Waals surface area contributed by atoms with E-state index in [0.29, 0.717) is 6.61 Å². The van der Waals surface area contributed by atoms with Crippen LogP contribution in [-0.2, 0) is 9.53 Å². The van der Waals surface area contributed by atoms with Crippen molar-refractivity contribution in [1.29, 1.82) is 0 Å². The first-order valence-corrected chi connectivity index (χ1v) is 7.47. The first-order chi connectivity index (χ1) is 9.79. The van der Waals surface area contributed by atoms with Gasteiger partial charge in [-0.05, 0) is 19.1 Å². The highest BCUT2D eigenvalue weighted by Crippen LogP contribution is 2.11. The Kier molecular flexibility index (Phi) is 5.87. The van der Waals surface area contributed by atoms with Crippen LogP contribution >= 0.6 is 0 Å². The van der Waals surface area contributed by atoms with Crippen molar-refractivity contribution >= 4 is 5.97 Å². The Morgan fingerprint density at radius 2 is 1.95 bits per heavy atom. The quantitative estimate of drug-likeness (QED) is 0.787. The minimum Gasteiger partial charge on any atom is -0.488 e. The van der Waals surface area contributed by atoms with Crippen molar-refractivity contribution in [2.75, 3.05) is 32.8 Å². The molecule has 0 unspecified atom stereocenters. The lowest BCUT2D eigenvalue weighted by Gasteiger charge is -2.28. The van der Waals surface area contributed by atoms with Crippen LogP contribution in [0.2, 0.25) is 0 Å². The molecule has 1 N–H and O–H groups in total. The van der Waals surface area contributed by atoms with Crippen LogP contribution in [-0.4, -0.2) is 38.8 Å². The molecule has 4 heteroatoms. The minimum absolute atomic E-state index is 0.0212. The number of rotatable bonds is 6. The van der Waals surface area contributed by atoms with Gasteiger partial charge in [0.1, 0.15) is 18.9 Å². The highest BCUT2D eigenvalue weighted by Gasteiger charge is 2.28. The van der Waals surface area contributed by atoms with Crippen molar-refractivity contribution in [3.63, 3.8) is 0 Å². The highest BCUT2D eigenvalue weighted by atomic mass is 16.5. The number of quaternary nitrogens is 1. The number of hydrogen-bond acceptors (Lipinski definition) is 3. The van der Waals surface area contributed by atoms with Gasteiger partial charge < -0.3 is 14.4 Å². The second-order valence-electron chi connectivity index (χ2n) is 5.19. The molecule has 1 saturated heterocycles. The third kappa shape index (κ3) is 4.53. The van der Waals surface area contributed by atoms with Gasteiger partial charge >= 0.3 is 5.97 Å². The molecule has 0 amide bonds. The van der Waals surface area contributed by atoms with Crippen molar-refractivity contribution in [3.8, 4) is 5.75 Å². The van der Waals surface area contributed by atoms with Crippen molar-refractivity contribution in [3.05, 3.63) is 30.3 Å². The average Bonchev–Trinajstić information content (AvgIpc) is 2.49. The number of benzene rings is 1. The van der Waals surface area contributed by atoms with Gasteiger partial charge in [0, 0.05) is 12.8 Å². The monoisotopic (exact) mass is 278 g/mol. The predicted molar refractivity (Wildman–Crippen MR) is 76.9 cm³/mol. The maximum atomic E-state index is 11.6. The molecule has 1 aromatic carbocycles. The third-order valence-electron chi connectivity index (χ3n) is 3.78. The molecule has 1 aliphatic heterocycles. The fourth-order valence-electron chi connectivity index (χ4n) is 2.60. The number of carbonyl (C=O) groups excluding carboxylic acids is 1. The third-order valence-corrected chi connectivity index (χ3v) is 3.78. The molecule has 1 fully saturated rings. The highest BCUT2D eigenvalue weighted by molar-refractivity contribution is 5.72. The number of piperidine rings is 1. The molecule has 2 rings (SSSR count). The van der Waals surface area contributed by atoms with Crippen molar-refractivity contribution in [2.45, 2.75) is 19.8 Å². The van der Waals surface area contributed by atoms with Crippen LogP contribution < -0.4 is 9.64 Å². The Morgan fingerprint density at radius 1 is 1.25 bits per heavy atom. The molecule has 0 aliphatic carbocycles. The standard InChI is InChI=1S/C16H23NO3/c1-2-19-16(18)14-8-10-17(11-9-14)12-13-20-15-6-4-3-5-7-15/h3-7,14H,2,8-13H2,1H3/p+1. The van der Waals surface area contributed by atoms with Gasteiger partial charge in [0.25, 0.3) is 0 Å². The minimum atomic E-state index is -0.0212. The summed E-state index contributed by atoms with van der Waals surface area (Å²) < 4.78 is 10.8. The zero-order valence-corrected chi connectivity index (χ0v) is 12.1. The fourth-order valence-corrected chi connectivity index (χ4v) is 2.60. The Labute approximate surface area is 120 Å². The fraction of sp³-hybridized carbons (Fsp3) is 0.562. The van der Waals surface area contributed by atoms with Crippen molar-refractivity contribution in [1.82, 2.24) is 0 Å². The van der Waals surface area contributed by atoms with E-state index in [0.717, 1.165) is 44.8 Å². The van der Waals surface area contributed by atoms with Crippen LogP contribution in [0.4, 0.5) is 0 Å². The van der Waals surface area contributed by atoms with E-state index >= 15 is 0 Å². The molecule has 1 aromatic rings. The first-order valence-electron chi connectivity index (χ1n) is 7.47. The number of carbonyl (C=O) groups is 1. The van der Waals surface area contributed by atoms with Gasteiger partial charge in [-0.2, -0.15) is 0 Å². The van der Waals surface area contributed by atoms with E-state index < -0.39 is 0 Å². The lowest BCUT2D eigenvalue weighted by Crippen LogP contribution is -3.13. The Morgan fingerprint density at radius 3 is 2.60 bits per heavy atom. The molecule has 0 radical (unpaired) electrons. The predicted octanol–water partition coefficient (Wildman–Crippen LogP) is 0.923. The lowest BCUT2D eigenvalue weighted by atomic mass is 9.97. The number of likely N-dealkylation sites (tertiary alicyclic amines) is 1. The van der Waals surface area contributed by atoms with E-state index in [-0.39, 0.29) is 11.9 Å². The van der Waals surface area contributed by atoms with E-state index in [9.17, 15) is 4.79 Å². The summed E-state index contributed by atoms with van der Waals surface area (Å²) in [5, 5.41) is 0. The van der Waals surface area contributed by atoms with Gasteiger partial charge in [-0.1, -0.05) is 18.2 Å². The van der Waals surface area contributed by atoms with Crippen LogP contribution in [0, 0.1) is 5.92 Å². The van der Waals surface area contributed by atoms with Crippen LogP contribution in [0.1, 0.15) is 19.8 Å². The summed E-state index contributed by atoms with van der Waals surface area (Å²) in [5.74, 6) is 1.01. The zero-order valence-electron chi connectivity index (χ0n) is 12.1. The van der Waals surface area contributed by atoms with Gasteiger partial charge in [0.05, 0.1) is 25.6 Å². The maximum Gasteiger partial charge on any atom is 0.309 e. The molecular formula is C16H24NO3+. The van der Waals surface area contributed by atoms with Crippen molar-refractivity contribution in [2.24, 2.45) is 5.92 Å². The molecule has 0 aromatic heterocycles. The smallest absolute Gasteiger partial charge is 0.309 e. The van der Waals surface area contributed by atoms with Crippen molar-refractivity contribution < 1.29 is 19.2 Å². The van der Waals surface area contributed by atoms with Gasteiger partial charge in [-0.25, -0.2) is 0 Å². The lowest BCUT2D eigenvalue weighted by molar-refractivity contribution is -0.905. The van der Waals surface area contributed by atoms with Crippen LogP contribution in [0.15, 0.2) is 30.3 Å². The normalized spacial score (nSPS) is 22.2. The van der Waals surface area contributed by atoms with E-state index in [4.69, 9.17) is 9.47 Å². The first kappa shape index (κ1) is 14.9. The molecule has 0 saturated carbocycles. The summed E-state index contributed by atoms with van der Waals surface area (Å²) >= 11 is 0. The second kappa shape index (κ2) is 7.90. The molecule has 20 heavy (non-hydrogen) atoms. The average molecular weight is 278 g/mol. The zero-order chi connectivity index (χ0) is 14.2. The summed E-state index contributed by atoms with van der Waals surface area (Å²) in [6.07, 6.45) is 1.86. The van der Waals surface area contributed by atoms with E-state index in [1.807, 2.05) is 37.3 Å². The van der Waals surface area contributed by atoms with Gasteiger partial charge in [0.15, 0.2) is 0 Å².